The molecule has 0 spiro atoms. The van der Waals surface area contributed by atoms with Crippen LogP contribution in [-0.4, -0.2) is 23.5 Å². The van der Waals surface area contributed by atoms with Crippen LogP contribution in [0.1, 0.15) is 21.5 Å². The van der Waals surface area contributed by atoms with Crippen LogP contribution >= 0.6 is 0 Å². The van der Waals surface area contributed by atoms with Crippen molar-refractivity contribution in [3.8, 4) is 11.5 Å². The monoisotopic (exact) mass is 400 g/mol. The number of furan rings is 1. The van der Waals surface area contributed by atoms with Gasteiger partial charge in [0.25, 0.3) is 5.91 Å². The minimum Gasteiger partial charge on any atom is -0.463 e. The number of aromatic nitrogens is 1. The van der Waals surface area contributed by atoms with E-state index in [1.165, 1.54) is 0 Å². The van der Waals surface area contributed by atoms with Gasteiger partial charge in [-0.3, -0.25) is 4.79 Å². The SMILES string of the molecule is Cc1ccc(NC(=O)COC(=O)c2cc(-c3ccco3)nc3ccccc23)c(C)c1. The number of para-hydroxylation sites is 1. The first-order chi connectivity index (χ1) is 14.5. The Balaban J connectivity index is 1.53. The van der Waals surface area contributed by atoms with Crippen molar-refractivity contribution in [1.82, 2.24) is 4.98 Å². The van der Waals surface area contributed by atoms with Crippen LogP contribution < -0.4 is 5.32 Å². The second-order valence-corrected chi connectivity index (χ2v) is 6.99. The fourth-order valence-corrected chi connectivity index (χ4v) is 3.24. The van der Waals surface area contributed by atoms with E-state index in [2.05, 4.69) is 10.3 Å². The van der Waals surface area contributed by atoms with Crippen LogP contribution in [0, 0.1) is 13.8 Å². The average Bonchev–Trinajstić information content (AvgIpc) is 3.28. The van der Waals surface area contributed by atoms with E-state index in [9.17, 15) is 9.59 Å². The molecule has 6 nitrogen and oxygen atoms in total. The summed E-state index contributed by atoms with van der Waals surface area (Å²) in [5.74, 6) is -0.459. The number of fused-ring (bicyclic) bond motifs is 1. The zero-order valence-corrected chi connectivity index (χ0v) is 16.6. The topological polar surface area (TPSA) is 81.4 Å². The van der Waals surface area contributed by atoms with E-state index in [-0.39, 0.29) is 6.61 Å². The maximum Gasteiger partial charge on any atom is 0.339 e. The zero-order valence-electron chi connectivity index (χ0n) is 16.6. The van der Waals surface area contributed by atoms with Gasteiger partial charge in [0.1, 0.15) is 5.69 Å². The molecule has 0 aliphatic rings. The smallest absolute Gasteiger partial charge is 0.339 e. The summed E-state index contributed by atoms with van der Waals surface area (Å²) >= 11 is 0. The number of pyridine rings is 1. The zero-order chi connectivity index (χ0) is 21.1. The maximum absolute atomic E-state index is 12.8. The second kappa shape index (κ2) is 8.21. The van der Waals surface area contributed by atoms with E-state index in [4.69, 9.17) is 9.15 Å². The summed E-state index contributed by atoms with van der Waals surface area (Å²) < 4.78 is 10.7. The van der Waals surface area contributed by atoms with Crippen molar-refractivity contribution in [2.75, 3.05) is 11.9 Å². The van der Waals surface area contributed by atoms with Gasteiger partial charge >= 0.3 is 5.97 Å². The van der Waals surface area contributed by atoms with Crippen molar-refractivity contribution in [3.05, 3.63) is 83.6 Å². The lowest BCUT2D eigenvalue weighted by atomic mass is 10.1. The number of hydrogen-bond donors (Lipinski definition) is 1. The number of nitrogens with zero attached hydrogens (tertiary/aromatic N) is 1. The van der Waals surface area contributed by atoms with Crippen molar-refractivity contribution in [2.45, 2.75) is 13.8 Å². The van der Waals surface area contributed by atoms with Crippen LogP contribution in [0.3, 0.4) is 0 Å². The molecule has 4 aromatic rings. The van der Waals surface area contributed by atoms with Crippen LogP contribution in [-0.2, 0) is 9.53 Å². The molecule has 4 rings (SSSR count). The van der Waals surface area contributed by atoms with Crippen molar-refractivity contribution in [2.24, 2.45) is 0 Å². The molecule has 0 atom stereocenters. The van der Waals surface area contributed by atoms with E-state index in [0.717, 1.165) is 11.1 Å². The number of nitrogens with one attached hydrogen (secondary N) is 1. The lowest BCUT2D eigenvalue weighted by Crippen LogP contribution is -2.21. The van der Waals surface area contributed by atoms with Gasteiger partial charge in [0.2, 0.25) is 0 Å². The standard InChI is InChI=1S/C24H20N2O4/c1-15-9-10-19(16(2)12-15)26-23(27)14-30-24(28)18-13-21(22-8-5-11-29-22)25-20-7-4-3-6-17(18)20/h3-13H,14H2,1-2H3,(H,26,27). The van der Waals surface area contributed by atoms with Gasteiger partial charge in [-0.2, -0.15) is 0 Å². The Labute approximate surface area is 173 Å². The summed E-state index contributed by atoms with van der Waals surface area (Å²) in [6.07, 6.45) is 1.54. The molecule has 0 unspecified atom stereocenters. The van der Waals surface area contributed by atoms with Gasteiger partial charge in [-0.05, 0) is 49.7 Å². The number of benzene rings is 2. The minimum absolute atomic E-state index is 0.325. The largest absolute Gasteiger partial charge is 0.463 e. The Bertz CT molecular complexity index is 1230. The Kier molecular flexibility index (Phi) is 5.30. The molecule has 0 bridgehead atoms. The molecule has 0 aliphatic carbocycles. The molecule has 0 saturated carbocycles. The van der Waals surface area contributed by atoms with Gasteiger partial charge < -0.3 is 14.5 Å². The third-order valence-corrected chi connectivity index (χ3v) is 4.70. The Morgan fingerprint density at radius 3 is 2.63 bits per heavy atom. The van der Waals surface area contributed by atoms with Gasteiger partial charge in [0, 0.05) is 11.1 Å². The minimum atomic E-state index is -0.600. The van der Waals surface area contributed by atoms with Crippen molar-refractivity contribution in [3.63, 3.8) is 0 Å². The van der Waals surface area contributed by atoms with Crippen molar-refractivity contribution >= 4 is 28.5 Å². The Morgan fingerprint density at radius 2 is 1.87 bits per heavy atom. The number of aryl methyl sites for hydroxylation is 2. The number of anilines is 1. The fraction of sp³-hybridized carbons (Fsp3) is 0.125. The highest BCUT2D eigenvalue weighted by molar-refractivity contribution is 6.05. The predicted octanol–water partition coefficient (Wildman–Crippen LogP) is 4.91. The van der Waals surface area contributed by atoms with Crippen LogP contribution in [0.25, 0.3) is 22.4 Å². The van der Waals surface area contributed by atoms with Crippen LogP contribution in [0.4, 0.5) is 5.69 Å². The molecule has 2 heterocycles. The molecule has 0 radical (unpaired) electrons. The molecule has 150 valence electrons. The molecule has 2 aromatic carbocycles. The molecule has 0 aliphatic heterocycles. The third kappa shape index (κ3) is 4.07. The van der Waals surface area contributed by atoms with Crippen LogP contribution in [0.5, 0.6) is 0 Å². The highest BCUT2D eigenvalue weighted by Crippen LogP contribution is 2.25. The quantitative estimate of drug-likeness (QED) is 0.482. The number of ether oxygens (including phenoxy) is 1. The highest BCUT2D eigenvalue weighted by Gasteiger charge is 2.17. The molecule has 0 saturated heterocycles. The summed E-state index contributed by atoms with van der Waals surface area (Å²) in [6.45, 7) is 3.50. The van der Waals surface area contributed by atoms with E-state index in [1.54, 1.807) is 30.5 Å². The van der Waals surface area contributed by atoms with Crippen molar-refractivity contribution < 1.29 is 18.7 Å². The predicted molar refractivity (Wildman–Crippen MR) is 114 cm³/mol. The van der Waals surface area contributed by atoms with Gasteiger partial charge in [0.15, 0.2) is 12.4 Å². The summed E-state index contributed by atoms with van der Waals surface area (Å²) in [4.78, 5) is 29.6. The number of rotatable bonds is 5. The first kappa shape index (κ1) is 19.4. The summed E-state index contributed by atoms with van der Waals surface area (Å²) in [5.41, 5.74) is 4.22. The lowest BCUT2D eigenvalue weighted by molar-refractivity contribution is -0.119. The lowest BCUT2D eigenvalue weighted by Gasteiger charge is -2.11. The molecule has 1 amide bonds. The number of carbonyl (C=O) groups excluding carboxylic acids is 2. The van der Waals surface area contributed by atoms with Crippen LogP contribution in [0.2, 0.25) is 0 Å². The molecule has 2 aromatic heterocycles. The molecular weight excluding hydrogens is 380 g/mol. The van der Waals surface area contributed by atoms with E-state index < -0.39 is 11.9 Å². The molecule has 1 N–H and O–H groups in total. The van der Waals surface area contributed by atoms with E-state index in [1.807, 2.05) is 50.2 Å². The van der Waals surface area contributed by atoms with Gasteiger partial charge in [-0.15, -0.1) is 0 Å². The van der Waals surface area contributed by atoms with Gasteiger partial charge in [0.05, 0.1) is 17.3 Å². The Hall–Kier alpha value is -3.93. The van der Waals surface area contributed by atoms with Crippen molar-refractivity contribution in [1.29, 1.82) is 0 Å². The van der Waals surface area contributed by atoms with E-state index in [0.29, 0.717) is 33.6 Å². The summed E-state index contributed by atoms with van der Waals surface area (Å²) in [7, 11) is 0. The first-order valence-corrected chi connectivity index (χ1v) is 9.49. The molecular formula is C24H20N2O4. The molecule has 0 fully saturated rings. The van der Waals surface area contributed by atoms with E-state index >= 15 is 0 Å². The maximum atomic E-state index is 12.8. The number of amides is 1. The van der Waals surface area contributed by atoms with Gasteiger partial charge in [-0.25, -0.2) is 9.78 Å². The molecule has 6 heteroatoms. The molecule has 30 heavy (non-hydrogen) atoms. The summed E-state index contributed by atoms with van der Waals surface area (Å²) in [5, 5.41) is 3.42. The summed E-state index contributed by atoms with van der Waals surface area (Å²) in [6, 6.07) is 18.1. The number of esters is 1. The Morgan fingerprint density at radius 1 is 1.03 bits per heavy atom. The average molecular weight is 400 g/mol. The third-order valence-electron chi connectivity index (χ3n) is 4.70. The highest BCUT2D eigenvalue weighted by atomic mass is 16.5. The number of carbonyl (C=O) groups is 2. The number of hydrogen-bond acceptors (Lipinski definition) is 5. The van der Waals surface area contributed by atoms with Gasteiger partial charge in [-0.1, -0.05) is 35.9 Å². The first-order valence-electron chi connectivity index (χ1n) is 9.49. The normalized spacial score (nSPS) is 10.7. The van der Waals surface area contributed by atoms with Crippen LogP contribution in [0.15, 0.2) is 71.3 Å². The fourth-order valence-electron chi connectivity index (χ4n) is 3.24. The second-order valence-electron chi connectivity index (χ2n) is 6.99.